The molecule has 1 N–H and O–H groups in total. The molecule has 0 aromatic rings. The van der Waals surface area contributed by atoms with Crippen LogP contribution >= 0.6 is 0 Å². The summed E-state index contributed by atoms with van der Waals surface area (Å²) in [6.45, 7) is 2.13. The Labute approximate surface area is 58.7 Å². The first-order valence-corrected chi connectivity index (χ1v) is 4.76. The number of aliphatic hydroxyl groups excluding tert-OH is 1. The second-order valence-corrected chi connectivity index (χ2v) is 3.73. The molecule has 1 unspecified atom stereocenters. The molecule has 0 aliphatic rings. The summed E-state index contributed by atoms with van der Waals surface area (Å²) >= 11 is 0. The third-order valence-electron chi connectivity index (χ3n) is 1.10. The van der Waals surface area contributed by atoms with Crippen LogP contribution in [0.25, 0.3) is 0 Å². The largest absolute Gasteiger partial charge is 0.396 e. The van der Waals surface area contributed by atoms with E-state index in [0.717, 1.165) is 24.3 Å². The number of hydrogen-bond donors (Lipinski definition) is 1. The molecule has 3 heteroatoms. The van der Waals surface area contributed by atoms with Crippen LogP contribution in [0.3, 0.4) is 0 Å². The van der Waals surface area contributed by atoms with Gasteiger partial charge in [0, 0.05) is 28.9 Å². The van der Waals surface area contributed by atoms with Crippen molar-refractivity contribution in [2.75, 3.05) is 18.1 Å². The molecule has 9 heavy (non-hydrogen) atoms. The van der Waals surface area contributed by atoms with Gasteiger partial charge < -0.3 is 5.11 Å². The van der Waals surface area contributed by atoms with Crippen LogP contribution in [0.5, 0.6) is 0 Å². The lowest BCUT2D eigenvalue weighted by molar-refractivity contribution is 0.287. The van der Waals surface area contributed by atoms with Crippen LogP contribution < -0.4 is 0 Å². The van der Waals surface area contributed by atoms with Gasteiger partial charge in [-0.2, -0.15) is 0 Å². The molecule has 0 spiro atoms. The molecule has 0 aliphatic carbocycles. The standard InChI is InChI=1S/C6H14O2S/c1-2-9(8)6-4-3-5-7/h7H,2-6H2,1H3. The molecule has 0 aromatic heterocycles. The smallest absolute Gasteiger partial charge is 0.0431 e. The molecule has 0 saturated carbocycles. The molecule has 0 fully saturated rings. The third kappa shape index (κ3) is 5.99. The monoisotopic (exact) mass is 150 g/mol. The molecule has 1 atom stereocenters. The van der Waals surface area contributed by atoms with Crippen molar-refractivity contribution in [3.8, 4) is 0 Å². The zero-order valence-electron chi connectivity index (χ0n) is 5.80. The fourth-order valence-corrected chi connectivity index (χ4v) is 1.33. The van der Waals surface area contributed by atoms with E-state index in [1.54, 1.807) is 0 Å². The van der Waals surface area contributed by atoms with E-state index in [-0.39, 0.29) is 6.61 Å². The molecule has 0 heterocycles. The van der Waals surface area contributed by atoms with E-state index in [9.17, 15) is 4.21 Å². The number of aliphatic hydroxyl groups is 1. The van der Waals surface area contributed by atoms with Crippen LogP contribution in [0, 0.1) is 0 Å². The molecule has 0 saturated heterocycles. The minimum atomic E-state index is -0.640. The van der Waals surface area contributed by atoms with Crippen molar-refractivity contribution in [2.24, 2.45) is 0 Å². The van der Waals surface area contributed by atoms with Gasteiger partial charge in [0.25, 0.3) is 0 Å². The summed E-state index contributed by atoms with van der Waals surface area (Å²) in [5.41, 5.74) is 0. The van der Waals surface area contributed by atoms with Crippen LogP contribution in [0.1, 0.15) is 19.8 Å². The van der Waals surface area contributed by atoms with Gasteiger partial charge in [0.05, 0.1) is 0 Å². The van der Waals surface area contributed by atoms with Crippen LogP contribution in [0.4, 0.5) is 0 Å². The van der Waals surface area contributed by atoms with Crippen LogP contribution in [-0.4, -0.2) is 27.4 Å². The summed E-state index contributed by atoms with van der Waals surface area (Å²) in [6.07, 6.45) is 1.67. The summed E-state index contributed by atoms with van der Waals surface area (Å²) in [4.78, 5) is 0. The Morgan fingerprint density at radius 3 is 2.56 bits per heavy atom. The SMILES string of the molecule is CCS(=O)CCCCO. The molecule has 0 amide bonds. The highest BCUT2D eigenvalue weighted by molar-refractivity contribution is 7.84. The summed E-state index contributed by atoms with van der Waals surface area (Å²) < 4.78 is 10.7. The van der Waals surface area contributed by atoms with Crippen LogP contribution in [0.2, 0.25) is 0 Å². The molecule has 0 aliphatic heterocycles. The van der Waals surface area contributed by atoms with Gasteiger partial charge >= 0.3 is 0 Å². The van der Waals surface area contributed by atoms with Crippen molar-refractivity contribution in [1.29, 1.82) is 0 Å². The maximum Gasteiger partial charge on any atom is 0.0431 e. The maximum atomic E-state index is 10.7. The lowest BCUT2D eigenvalue weighted by Gasteiger charge is -1.95. The minimum Gasteiger partial charge on any atom is -0.396 e. The Morgan fingerprint density at radius 2 is 2.11 bits per heavy atom. The summed E-state index contributed by atoms with van der Waals surface area (Å²) in [5, 5.41) is 8.35. The number of rotatable bonds is 5. The summed E-state index contributed by atoms with van der Waals surface area (Å²) in [6, 6.07) is 0. The van der Waals surface area contributed by atoms with Crippen molar-refractivity contribution in [3.05, 3.63) is 0 Å². The highest BCUT2D eigenvalue weighted by Crippen LogP contribution is 1.90. The quantitative estimate of drug-likeness (QED) is 0.580. The van der Waals surface area contributed by atoms with E-state index in [1.165, 1.54) is 0 Å². The molecule has 0 bridgehead atoms. The Kier molecular flexibility index (Phi) is 6.31. The van der Waals surface area contributed by atoms with Gasteiger partial charge in [0.1, 0.15) is 0 Å². The number of unbranched alkanes of at least 4 members (excludes halogenated alkanes) is 1. The average Bonchev–Trinajstić information content (AvgIpc) is 1.89. The second kappa shape index (κ2) is 6.23. The fraction of sp³-hybridized carbons (Fsp3) is 1.00. The lowest BCUT2D eigenvalue weighted by atomic mass is 10.4. The normalized spacial score (nSPS) is 13.6. The molecule has 0 rings (SSSR count). The van der Waals surface area contributed by atoms with Crippen molar-refractivity contribution in [1.82, 2.24) is 0 Å². The van der Waals surface area contributed by atoms with E-state index in [2.05, 4.69) is 0 Å². The van der Waals surface area contributed by atoms with Gasteiger partial charge in [-0.25, -0.2) is 0 Å². The predicted octanol–water partition coefficient (Wildman–Crippen LogP) is 0.528. The van der Waals surface area contributed by atoms with Gasteiger partial charge in [0.15, 0.2) is 0 Å². The maximum absolute atomic E-state index is 10.7. The van der Waals surface area contributed by atoms with Gasteiger partial charge in [-0.3, -0.25) is 4.21 Å². The van der Waals surface area contributed by atoms with E-state index in [4.69, 9.17) is 5.11 Å². The first-order valence-electron chi connectivity index (χ1n) is 3.27. The Balaban J connectivity index is 2.97. The fourth-order valence-electron chi connectivity index (χ4n) is 0.519. The molecular formula is C6H14O2S. The van der Waals surface area contributed by atoms with Crippen LogP contribution in [-0.2, 0) is 10.8 Å². The summed E-state index contributed by atoms with van der Waals surface area (Å²) in [7, 11) is -0.640. The Bertz CT molecular complexity index is 83.1. The molecule has 2 nitrogen and oxygen atoms in total. The topological polar surface area (TPSA) is 37.3 Å². The highest BCUT2D eigenvalue weighted by Gasteiger charge is 1.93. The zero-order valence-corrected chi connectivity index (χ0v) is 6.62. The van der Waals surface area contributed by atoms with E-state index in [0.29, 0.717) is 0 Å². The van der Waals surface area contributed by atoms with Crippen molar-refractivity contribution < 1.29 is 9.32 Å². The Hall–Kier alpha value is 0.110. The van der Waals surface area contributed by atoms with E-state index in [1.807, 2.05) is 6.92 Å². The van der Waals surface area contributed by atoms with Crippen molar-refractivity contribution >= 4 is 10.8 Å². The first kappa shape index (κ1) is 9.11. The molecule has 0 radical (unpaired) electrons. The van der Waals surface area contributed by atoms with Gasteiger partial charge in [-0.1, -0.05) is 6.92 Å². The lowest BCUT2D eigenvalue weighted by Crippen LogP contribution is -1.99. The van der Waals surface area contributed by atoms with E-state index >= 15 is 0 Å². The van der Waals surface area contributed by atoms with E-state index < -0.39 is 10.8 Å². The van der Waals surface area contributed by atoms with Crippen molar-refractivity contribution in [3.63, 3.8) is 0 Å². The van der Waals surface area contributed by atoms with Crippen LogP contribution in [0.15, 0.2) is 0 Å². The molecular weight excluding hydrogens is 136 g/mol. The third-order valence-corrected chi connectivity index (χ3v) is 2.49. The van der Waals surface area contributed by atoms with Gasteiger partial charge in [-0.05, 0) is 12.8 Å². The van der Waals surface area contributed by atoms with Gasteiger partial charge in [0.2, 0.25) is 0 Å². The predicted molar refractivity (Wildman–Crippen MR) is 39.9 cm³/mol. The van der Waals surface area contributed by atoms with Crippen molar-refractivity contribution in [2.45, 2.75) is 19.8 Å². The zero-order chi connectivity index (χ0) is 7.11. The second-order valence-electron chi connectivity index (χ2n) is 1.86. The number of hydrogen-bond acceptors (Lipinski definition) is 2. The molecule has 0 aromatic carbocycles. The highest BCUT2D eigenvalue weighted by atomic mass is 32.2. The average molecular weight is 150 g/mol. The van der Waals surface area contributed by atoms with Gasteiger partial charge in [-0.15, -0.1) is 0 Å². The molecule has 56 valence electrons. The summed E-state index contributed by atoms with van der Waals surface area (Å²) in [5.74, 6) is 1.49. The first-order chi connectivity index (χ1) is 4.31. The Morgan fingerprint density at radius 1 is 1.44 bits per heavy atom. The minimum absolute atomic E-state index is 0.223.